The van der Waals surface area contributed by atoms with Crippen LogP contribution in [-0.4, -0.2) is 21.8 Å². The number of rotatable bonds is 8. The summed E-state index contributed by atoms with van der Waals surface area (Å²) in [6, 6.07) is 9.47. The molecule has 0 unspecified atom stereocenters. The Balaban J connectivity index is 2.09. The van der Waals surface area contributed by atoms with E-state index in [-0.39, 0.29) is 30.9 Å². The van der Waals surface area contributed by atoms with Gasteiger partial charge in [-0.3, -0.25) is 19.7 Å². The fourth-order valence-electron chi connectivity index (χ4n) is 2.57. The van der Waals surface area contributed by atoms with Gasteiger partial charge in [-0.2, -0.15) is 0 Å². The molecule has 2 aromatic carbocycles. The van der Waals surface area contributed by atoms with Crippen molar-refractivity contribution >= 4 is 17.4 Å². The van der Waals surface area contributed by atoms with Crippen LogP contribution < -0.4 is 4.74 Å². The number of benzene rings is 2. The minimum Gasteiger partial charge on any atom is -0.488 e. The first-order valence-electron chi connectivity index (χ1n) is 8.00. The summed E-state index contributed by atoms with van der Waals surface area (Å²) in [7, 11) is 0. The third-order valence-corrected chi connectivity index (χ3v) is 3.88. The van der Waals surface area contributed by atoms with E-state index >= 15 is 0 Å². The van der Waals surface area contributed by atoms with Crippen LogP contribution in [0, 0.1) is 24.0 Å². The molecule has 0 aliphatic rings. The van der Waals surface area contributed by atoms with E-state index in [1.165, 1.54) is 12.1 Å². The highest BCUT2D eigenvalue weighted by molar-refractivity contribution is 5.98. The van der Waals surface area contributed by atoms with E-state index in [1.807, 2.05) is 13.8 Å². The Morgan fingerprint density at radius 3 is 2.15 bits per heavy atom. The lowest BCUT2D eigenvalue weighted by Gasteiger charge is -2.14. The molecule has 0 saturated heterocycles. The van der Waals surface area contributed by atoms with Gasteiger partial charge in [0.2, 0.25) is 0 Å². The topological polar surface area (TPSA) is 107 Å². The molecule has 0 amide bonds. The van der Waals surface area contributed by atoms with E-state index in [1.54, 1.807) is 24.3 Å². The number of aliphatic carboxylic acids is 1. The first-order valence-corrected chi connectivity index (χ1v) is 8.00. The normalized spacial score (nSPS) is 10.4. The zero-order valence-electron chi connectivity index (χ0n) is 14.5. The second-order valence-corrected chi connectivity index (χ2v) is 5.97. The molecule has 0 heterocycles. The molecular weight excluding hydrogens is 338 g/mol. The fraction of sp³-hybridized carbons (Fsp3) is 0.263. The first kappa shape index (κ1) is 19.1. The average molecular weight is 357 g/mol. The van der Waals surface area contributed by atoms with E-state index in [9.17, 15) is 19.7 Å². The number of carbonyl (C=O) groups is 2. The fourth-order valence-corrected chi connectivity index (χ4v) is 2.57. The number of ketones is 1. The van der Waals surface area contributed by atoms with Crippen LogP contribution in [-0.2, 0) is 11.4 Å². The van der Waals surface area contributed by atoms with Gasteiger partial charge in [-0.1, -0.05) is 0 Å². The van der Waals surface area contributed by atoms with Crippen molar-refractivity contribution < 1.29 is 24.4 Å². The molecule has 0 saturated carbocycles. The summed E-state index contributed by atoms with van der Waals surface area (Å²) in [6.45, 7) is 3.87. The zero-order valence-corrected chi connectivity index (χ0v) is 14.5. The second kappa shape index (κ2) is 8.24. The minimum absolute atomic E-state index is 0.0188. The molecule has 7 heteroatoms. The number of carboxylic acids is 1. The van der Waals surface area contributed by atoms with Gasteiger partial charge < -0.3 is 9.84 Å². The van der Waals surface area contributed by atoms with Gasteiger partial charge in [-0.15, -0.1) is 0 Å². The number of carboxylic acid groups (broad SMARTS) is 1. The number of hydrogen-bond donors (Lipinski definition) is 1. The van der Waals surface area contributed by atoms with E-state index in [0.29, 0.717) is 11.3 Å². The number of ether oxygens (including phenoxy) is 1. The standard InChI is InChI=1S/C19H19NO6/c1-12-9-15(17(21)7-8-18(22)23)10-13(2)19(12)26-11-14-3-5-16(6-4-14)20(24)25/h3-6,9-10H,7-8,11H2,1-2H3,(H,22,23). The summed E-state index contributed by atoms with van der Waals surface area (Å²) in [4.78, 5) is 32.9. The summed E-state index contributed by atoms with van der Waals surface area (Å²) in [6.07, 6.45) is -0.244. The van der Waals surface area contributed by atoms with Gasteiger partial charge >= 0.3 is 5.97 Å². The van der Waals surface area contributed by atoms with Crippen LogP contribution in [0.25, 0.3) is 0 Å². The molecule has 26 heavy (non-hydrogen) atoms. The van der Waals surface area contributed by atoms with Crippen LogP contribution >= 0.6 is 0 Å². The molecule has 0 atom stereocenters. The van der Waals surface area contributed by atoms with Crippen LogP contribution in [0.2, 0.25) is 0 Å². The van der Waals surface area contributed by atoms with Crippen molar-refractivity contribution in [3.8, 4) is 5.75 Å². The number of non-ortho nitro benzene ring substituents is 1. The van der Waals surface area contributed by atoms with Gasteiger partial charge in [0.1, 0.15) is 12.4 Å². The lowest BCUT2D eigenvalue weighted by atomic mass is 10.0. The van der Waals surface area contributed by atoms with Crippen LogP contribution in [0.1, 0.15) is 39.9 Å². The summed E-state index contributed by atoms with van der Waals surface area (Å²) >= 11 is 0. The highest BCUT2D eigenvalue weighted by Gasteiger charge is 2.13. The molecule has 136 valence electrons. The van der Waals surface area contributed by atoms with E-state index < -0.39 is 10.9 Å². The number of aryl methyl sites for hydroxylation is 2. The number of hydrogen-bond acceptors (Lipinski definition) is 5. The van der Waals surface area contributed by atoms with E-state index in [2.05, 4.69) is 0 Å². The highest BCUT2D eigenvalue weighted by atomic mass is 16.6. The Bertz CT molecular complexity index is 819. The highest BCUT2D eigenvalue weighted by Crippen LogP contribution is 2.27. The number of nitro benzene ring substituents is 1. The molecule has 0 fully saturated rings. The van der Waals surface area contributed by atoms with Gasteiger partial charge in [-0.05, 0) is 54.8 Å². The molecular formula is C19H19NO6. The maximum absolute atomic E-state index is 12.1. The summed E-state index contributed by atoms with van der Waals surface area (Å²) in [5, 5.41) is 19.3. The Kier molecular flexibility index (Phi) is 6.06. The Labute approximate surface area is 150 Å². The Hall–Kier alpha value is -3.22. The van der Waals surface area contributed by atoms with Crippen molar-refractivity contribution in [1.29, 1.82) is 0 Å². The van der Waals surface area contributed by atoms with Gasteiger partial charge in [-0.25, -0.2) is 0 Å². The largest absolute Gasteiger partial charge is 0.488 e. The molecule has 0 spiro atoms. The third kappa shape index (κ3) is 4.89. The van der Waals surface area contributed by atoms with Crippen molar-refractivity contribution in [2.24, 2.45) is 0 Å². The van der Waals surface area contributed by atoms with Gasteiger partial charge in [0.05, 0.1) is 11.3 Å². The predicted molar refractivity (Wildman–Crippen MR) is 94.5 cm³/mol. The van der Waals surface area contributed by atoms with Crippen molar-refractivity contribution in [1.82, 2.24) is 0 Å². The summed E-state index contributed by atoms with van der Waals surface area (Å²) < 4.78 is 5.81. The maximum atomic E-state index is 12.1. The number of Topliss-reactive ketones (excluding diaryl/α,β-unsaturated/α-hetero) is 1. The predicted octanol–water partition coefficient (Wildman–Crippen LogP) is 3.84. The van der Waals surface area contributed by atoms with Crippen molar-refractivity contribution in [3.63, 3.8) is 0 Å². The SMILES string of the molecule is Cc1cc(C(=O)CCC(=O)O)cc(C)c1OCc1ccc([N+](=O)[O-])cc1. The van der Waals surface area contributed by atoms with Crippen LogP contribution in [0.3, 0.4) is 0 Å². The van der Waals surface area contributed by atoms with Crippen molar-refractivity contribution in [3.05, 3.63) is 68.8 Å². The van der Waals surface area contributed by atoms with E-state index in [4.69, 9.17) is 9.84 Å². The smallest absolute Gasteiger partial charge is 0.303 e. The molecule has 0 aromatic heterocycles. The molecule has 0 radical (unpaired) electrons. The number of carbonyl (C=O) groups excluding carboxylic acids is 1. The summed E-state index contributed by atoms with van der Waals surface area (Å²) in [5.74, 6) is -0.589. The quantitative estimate of drug-likeness (QED) is 0.437. The van der Waals surface area contributed by atoms with Crippen LogP contribution in [0.5, 0.6) is 5.75 Å². The maximum Gasteiger partial charge on any atom is 0.303 e. The van der Waals surface area contributed by atoms with Crippen molar-refractivity contribution in [2.45, 2.75) is 33.3 Å². The van der Waals surface area contributed by atoms with Gasteiger partial charge in [0, 0.05) is 24.1 Å². The average Bonchev–Trinajstić information content (AvgIpc) is 2.59. The number of nitro groups is 1. The lowest BCUT2D eigenvalue weighted by molar-refractivity contribution is -0.384. The van der Waals surface area contributed by atoms with Gasteiger partial charge in [0.25, 0.3) is 5.69 Å². The second-order valence-electron chi connectivity index (χ2n) is 5.97. The Morgan fingerprint density at radius 2 is 1.65 bits per heavy atom. The van der Waals surface area contributed by atoms with Gasteiger partial charge in [0.15, 0.2) is 5.78 Å². The van der Waals surface area contributed by atoms with Crippen molar-refractivity contribution in [2.75, 3.05) is 0 Å². The Morgan fingerprint density at radius 1 is 1.08 bits per heavy atom. The summed E-state index contributed by atoms with van der Waals surface area (Å²) in [5.41, 5.74) is 2.81. The van der Waals surface area contributed by atoms with Crippen LogP contribution in [0.4, 0.5) is 5.69 Å². The van der Waals surface area contributed by atoms with E-state index in [0.717, 1.165) is 16.7 Å². The monoisotopic (exact) mass is 357 g/mol. The first-order chi connectivity index (χ1) is 12.3. The minimum atomic E-state index is -1.00. The molecule has 1 N–H and O–H groups in total. The molecule has 2 rings (SSSR count). The molecule has 0 aliphatic heterocycles. The third-order valence-electron chi connectivity index (χ3n) is 3.88. The molecule has 2 aromatic rings. The number of nitrogens with zero attached hydrogens (tertiary/aromatic N) is 1. The molecule has 0 aliphatic carbocycles. The molecule has 7 nitrogen and oxygen atoms in total. The molecule has 0 bridgehead atoms. The zero-order chi connectivity index (χ0) is 19.3. The lowest BCUT2D eigenvalue weighted by Crippen LogP contribution is -2.06. The van der Waals surface area contributed by atoms with Crippen LogP contribution in [0.15, 0.2) is 36.4 Å².